The molecule has 1 N–H and O–H groups in total. The van der Waals surface area contributed by atoms with Gasteiger partial charge in [0.2, 0.25) is 0 Å². The van der Waals surface area contributed by atoms with Crippen molar-refractivity contribution in [3.8, 4) is 6.07 Å². The molecule has 2 rings (SSSR count). The molecule has 102 valence electrons. The Bertz CT molecular complexity index is 643. The van der Waals surface area contributed by atoms with Crippen molar-refractivity contribution in [2.75, 3.05) is 0 Å². The molecule has 2 atom stereocenters. The lowest BCUT2D eigenvalue weighted by Crippen LogP contribution is -2.39. The predicted molar refractivity (Wildman–Crippen MR) is 82.4 cm³/mol. The number of thiocarbonyl (C=S) groups is 1. The van der Waals surface area contributed by atoms with Crippen LogP contribution in [0.2, 0.25) is 5.02 Å². The number of ketones is 1. The van der Waals surface area contributed by atoms with Gasteiger partial charge in [-0.1, -0.05) is 36.0 Å². The van der Waals surface area contributed by atoms with Crippen LogP contribution in [0.4, 0.5) is 0 Å². The lowest BCUT2D eigenvalue weighted by molar-refractivity contribution is -0.114. The second-order valence-corrected chi connectivity index (χ2v) is 5.60. The number of Topliss-reactive ketones (excluding diaryl/α,β-unsaturated/α-hetero) is 1. The van der Waals surface area contributed by atoms with Gasteiger partial charge in [-0.25, -0.2) is 0 Å². The van der Waals surface area contributed by atoms with Crippen molar-refractivity contribution in [1.29, 1.82) is 5.26 Å². The van der Waals surface area contributed by atoms with E-state index in [9.17, 15) is 10.1 Å². The minimum atomic E-state index is -0.547. The summed E-state index contributed by atoms with van der Waals surface area (Å²) in [6.45, 7) is 3.31. The minimum absolute atomic E-state index is 0.0577. The molecule has 1 aliphatic rings. The van der Waals surface area contributed by atoms with Crippen molar-refractivity contribution in [3.63, 3.8) is 0 Å². The average Bonchev–Trinajstić information content (AvgIpc) is 2.38. The van der Waals surface area contributed by atoms with Crippen LogP contribution in [0.25, 0.3) is 0 Å². The first-order valence-corrected chi connectivity index (χ1v) is 6.92. The van der Waals surface area contributed by atoms with Gasteiger partial charge in [0.1, 0.15) is 5.92 Å². The second-order valence-electron chi connectivity index (χ2n) is 4.72. The van der Waals surface area contributed by atoms with Gasteiger partial charge in [0.05, 0.1) is 11.1 Å². The standard InChI is InChI=1S/C15H13ClN2OS/c1-8-13(9(2)19)14(12(7-17)15(20)18-8)10-3-5-11(16)6-4-10/h3-6,12,14H,1-2H3,(H,18,20)/t12-,14-/m1/s1. The maximum absolute atomic E-state index is 12.0. The SMILES string of the molecule is CC(=O)C1=C(C)NC(=S)[C@H](C#N)[C@H]1c1ccc(Cl)cc1. The third-order valence-corrected chi connectivity index (χ3v) is 4.00. The molecule has 1 aromatic rings. The van der Waals surface area contributed by atoms with E-state index in [1.54, 1.807) is 19.1 Å². The van der Waals surface area contributed by atoms with Crippen LogP contribution in [0.5, 0.6) is 0 Å². The number of hydrogen-bond donors (Lipinski definition) is 1. The van der Waals surface area contributed by atoms with Crippen LogP contribution < -0.4 is 5.32 Å². The van der Waals surface area contributed by atoms with Crippen LogP contribution in [0.1, 0.15) is 25.3 Å². The van der Waals surface area contributed by atoms with Gasteiger partial charge in [-0.3, -0.25) is 4.79 Å². The topological polar surface area (TPSA) is 52.9 Å². The number of allylic oxidation sites excluding steroid dienone is 2. The number of carbonyl (C=O) groups is 1. The average molecular weight is 305 g/mol. The lowest BCUT2D eigenvalue weighted by atomic mass is 9.76. The van der Waals surface area contributed by atoms with Crippen LogP contribution in [0.15, 0.2) is 35.5 Å². The quantitative estimate of drug-likeness (QED) is 0.851. The first-order valence-electron chi connectivity index (χ1n) is 6.13. The summed E-state index contributed by atoms with van der Waals surface area (Å²) in [7, 11) is 0. The van der Waals surface area contributed by atoms with E-state index in [0.717, 1.165) is 5.56 Å². The van der Waals surface area contributed by atoms with Crippen molar-refractivity contribution >= 4 is 34.6 Å². The molecular formula is C15H13ClN2OS. The Morgan fingerprint density at radius 1 is 1.40 bits per heavy atom. The molecule has 20 heavy (non-hydrogen) atoms. The van der Waals surface area contributed by atoms with Crippen LogP contribution in [0.3, 0.4) is 0 Å². The number of benzene rings is 1. The molecule has 3 nitrogen and oxygen atoms in total. The Labute approximate surface area is 128 Å². The monoisotopic (exact) mass is 304 g/mol. The van der Waals surface area contributed by atoms with E-state index in [1.165, 1.54) is 6.92 Å². The van der Waals surface area contributed by atoms with Crippen molar-refractivity contribution in [1.82, 2.24) is 5.32 Å². The van der Waals surface area contributed by atoms with Gasteiger partial charge in [-0.15, -0.1) is 0 Å². The van der Waals surface area contributed by atoms with Gasteiger partial charge >= 0.3 is 0 Å². The third kappa shape index (κ3) is 2.60. The number of rotatable bonds is 2. The highest BCUT2D eigenvalue weighted by molar-refractivity contribution is 7.80. The molecule has 0 aromatic heterocycles. The number of hydrogen-bond acceptors (Lipinski definition) is 3. The number of nitrogens with zero attached hydrogens (tertiary/aromatic N) is 1. The van der Waals surface area contributed by atoms with Gasteiger partial charge in [-0.05, 0) is 31.5 Å². The van der Waals surface area contributed by atoms with E-state index < -0.39 is 5.92 Å². The van der Waals surface area contributed by atoms with Crippen LogP contribution >= 0.6 is 23.8 Å². The third-order valence-electron chi connectivity index (χ3n) is 3.39. The summed E-state index contributed by atoms with van der Waals surface area (Å²) in [4.78, 5) is 12.4. The second kappa shape index (κ2) is 5.74. The van der Waals surface area contributed by atoms with Crippen molar-refractivity contribution < 1.29 is 4.79 Å². The summed E-state index contributed by atoms with van der Waals surface area (Å²) in [5.41, 5.74) is 2.19. The zero-order chi connectivity index (χ0) is 14.9. The van der Waals surface area contributed by atoms with Crippen LogP contribution in [0, 0.1) is 17.2 Å². The van der Waals surface area contributed by atoms with Crippen LogP contribution in [-0.4, -0.2) is 10.8 Å². The van der Waals surface area contributed by atoms with E-state index in [2.05, 4.69) is 11.4 Å². The lowest BCUT2D eigenvalue weighted by Gasteiger charge is -2.32. The minimum Gasteiger partial charge on any atom is -0.352 e. The van der Waals surface area contributed by atoms with Crippen molar-refractivity contribution in [3.05, 3.63) is 46.1 Å². The first-order chi connectivity index (χ1) is 9.45. The highest BCUT2D eigenvalue weighted by Crippen LogP contribution is 2.37. The summed E-state index contributed by atoms with van der Waals surface area (Å²) >= 11 is 11.1. The molecule has 0 unspecified atom stereocenters. The molecule has 1 heterocycles. The van der Waals surface area contributed by atoms with Gasteiger partial charge in [0, 0.05) is 22.2 Å². The molecule has 0 fully saturated rings. The fourth-order valence-corrected chi connectivity index (χ4v) is 2.99. The molecule has 0 saturated carbocycles. The van der Waals surface area contributed by atoms with Gasteiger partial charge in [-0.2, -0.15) is 5.26 Å². The fraction of sp³-hybridized carbons (Fsp3) is 0.267. The molecule has 0 amide bonds. The Kier molecular flexibility index (Phi) is 4.22. The van der Waals surface area contributed by atoms with Crippen molar-refractivity contribution in [2.45, 2.75) is 19.8 Å². The molecule has 1 aliphatic heterocycles. The Balaban J connectivity index is 2.61. The molecule has 0 spiro atoms. The van der Waals surface area contributed by atoms with E-state index in [4.69, 9.17) is 23.8 Å². The molecule has 5 heteroatoms. The Morgan fingerprint density at radius 2 is 2.00 bits per heavy atom. The Hall–Kier alpha value is -1.70. The van der Waals surface area contributed by atoms with Gasteiger partial charge in [0.15, 0.2) is 5.78 Å². The van der Waals surface area contributed by atoms with E-state index >= 15 is 0 Å². The highest BCUT2D eigenvalue weighted by Gasteiger charge is 2.37. The summed E-state index contributed by atoms with van der Waals surface area (Å²) in [6.07, 6.45) is 0. The van der Waals surface area contributed by atoms with Gasteiger partial charge in [0.25, 0.3) is 0 Å². The molecule has 0 aliphatic carbocycles. The molecule has 0 saturated heterocycles. The van der Waals surface area contributed by atoms with E-state index in [0.29, 0.717) is 21.3 Å². The Morgan fingerprint density at radius 3 is 2.50 bits per heavy atom. The summed E-state index contributed by atoms with van der Waals surface area (Å²) in [6, 6.07) is 9.38. The summed E-state index contributed by atoms with van der Waals surface area (Å²) < 4.78 is 0. The van der Waals surface area contributed by atoms with E-state index in [1.807, 2.05) is 12.1 Å². The zero-order valence-corrected chi connectivity index (χ0v) is 12.7. The largest absolute Gasteiger partial charge is 0.352 e. The first kappa shape index (κ1) is 14.7. The number of carbonyl (C=O) groups excluding carboxylic acids is 1. The van der Waals surface area contributed by atoms with Gasteiger partial charge < -0.3 is 5.32 Å². The fourth-order valence-electron chi connectivity index (χ4n) is 2.53. The maximum Gasteiger partial charge on any atom is 0.158 e. The maximum atomic E-state index is 12.0. The number of nitriles is 1. The summed E-state index contributed by atoms with van der Waals surface area (Å²) in [5, 5.41) is 13.0. The van der Waals surface area contributed by atoms with E-state index in [-0.39, 0.29) is 11.7 Å². The molecular weight excluding hydrogens is 292 g/mol. The summed E-state index contributed by atoms with van der Waals surface area (Å²) in [5.74, 6) is -0.949. The molecule has 0 radical (unpaired) electrons. The van der Waals surface area contributed by atoms with Crippen molar-refractivity contribution in [2.24, 2.45) is 5.92 Å². The number of halogens is 1. The predicted octanol–water partition coefficient (Wildman–Crippen LogP) is 3.36. The molecule has 1 aromatic carbocycles. The smallest absolute Gasteiger partial charge is 0.158 e. The molecule has 0 bridgehead atoms. The number of nitrogens with one attached hydrogen (secondary N) is 1. The zero-order valence-electron chi connectivity index (χ0n) is 11.1. The van der Waals surface area contributed by atoms with Crippen LogP contribution in [-0.2, 0) is 4.79 Å². The highest BCUT2D eigenvalue weighted by atomic mass is 35.5. The normalized spacial score (nSPS) is 22.2.